The van der Waals surface area contributed by atoms with Crippen LogP contribution in [0.4, 0.5) is 15.2 Å². The van der Waals surface area contributed by atoms with Gasteiger partial charge in [-0.25, -0.2) is 12.8 Å². The maximum absolute atomic E-state index is 13.5. The maximum atomic E-state index is 13.5. The molecule has 0 atom stereocenters. The molecule has 2 N–H and O–H groups in total. The van der Waals surface area contributed by atoms with Crippen molar-refractivity contribution in [2.45, 2.75) is 4.34 Å². The third-order valence-corrected chi connectivity index (χ3v) is 6.29. The maximum Gasteiger partial charge on any atom is 0.241 e. The van der Waals surface area contributed by atoms with E-state index in [0.717, 1.165) is 33.7 Å². The Bertz CT molecular complexity index is 934. The van der Waals surface area contributed by atoms with Gasteiger partial charge in [0, 0.05) is 7.05 Å². The first kappa shape index (κ1) is 21.2. The molecule has 2 rings (SSSR count). The molecule has 2 amide bonds. The number of rotatable bonds is 8. The molecule has 0 aliphatic rings. The highest BCUT2D eigenvalue weighted by molar-refractivity contribution is 8.01. The lowest BCUT2D eigenvalue weighted by Crippen LogP contribution is -2.34. The summed E-state index contributed by atoms with van der Waals surface area (Å²) in [4.78, 5) is 23.7. The van der Waals surface area contributed by atoms with Crippen molar-refractivity contribution in [2.24, 2.45) is 0 Å². The predicted octanol–water partition coefficient (Wildman–Crippen LogP) is 1.24. The van der Waals surface area contributed by atoms with Gasteiger partial charge >= 0.3 is 0 Å². The van der Waals surface area contributed by atoms with Crippen molar-refractivity contribution in [3.05, 3.63) is 30.1 Å². The van der Waals surface area contributed by atoms with Crippen LogP contribution in [0, 0.1) is 5.82 Å². The first-order valence-corrected chi connectivity index (χ1v) is 11.0. The number of carbonyl (C=O) groups is 2. The summed E-state index contributed by atoms with van der Waals surface area (Å²) >= 11 is 2.11. The molecule has 0 aliphatic heterocycles. The quantitative estimate of drug-likeness (QED) is 0.474. The lowest BCUT2D eigenvalue weighted by atomic mass is 10.3. The molecule has 1 heterocycles. The Morgan fingerprint density at radius 1 is 1.22 bits per heavy atom. The van der Waals surface area contributed by atoms with E-state index in [1.165, 1.54) is 25.2 Å². The van der Waals surface area contributed by atoms with Crippen LogP contribution >= 0.6 is 23.1 Å². The van der Waals surface area contributed by atoms with Crippen LogP contribution in [0.2, 0.25) is 0 Å². The summed E-state index contributed by atoms with van der Waals surface area (Å²) in [5, 5.41) is 12.6. The Morgan fingerprint density at radius 2 is 1.93 bits per heavy atom. The fourth-order valence-electron chi connectivity index (χ4n) is 1.67. The second-order valence-corrected chi connectivity index (χ2v) is 9.55. The van der Waals surface area contributed by atoms with Crippen molar-refractivity contribution < 1.29 is 22.4 Å². The summed E-state index contributed by atoms with van der Waals surface area (Å²) < 4.78 is 37.4. The molecule has 9 nitrogen and oxygen atoms in total. The van der Waals surface area contributed by atoms with Crippen LogP contribution in [0.25, 0.3) is 0 Å². The minimum Gasteiger partial charge on any atom is -0.323 e. The predicted molar refractivity (Wildman–Crippen MR) is 102 cm³/mol. The van der Waals surface area contributed by atoms with Crippen molar-refractivity contribution in [1.82, 2.24) is 14.5 Å². The largest absolute Gasteiger partial charge is 0.323 e. The molecule has 0 radical (unpaired) electrons. The zero-order chi connectivity index (χ0) is 20.0. The minimum absolute atomic E-state index is 0.0201. The Labute approximate surface area is 163 Å². The van der Waals surface area contributed by atoms with Gasteiger partial charge < -0.3 is 5.32 Å². The summed E-state index contributed by atoms with van der Waals surface area (Å²) in [5.74, 6) is -1.53. The van der Waals surface area contributed by atoms with Crippen molar-refractivity contribution in [3.63, 3.8) is 0 Å². The first-order chi connectivity index (χ1) is 12.6. The van der Waals surface area contributed by atoms with Crippen LogP contribution in [-0.4, -0.2) is 60.3 Å². The van der Waals surface area contributed by atoms with Gasteiger partial charge in [0.2, 0.25) is 27.0 Å². The number of halogens is 1. The van der Waals surface area contributed by atoms with Crippen molar-refractivity contribution >= 4 is 55.8 Å². The zero-order valence-electron chi connectivity index (χ0n) is 14.3. The molecule has 0 fully saturated rings. The van der Waals surface area contributed by atoms with Crippen molar-refractivity contribution in [3.8, 4) is 0 Å². The molecule has 13 heteroatoms. The standard InChI is InChI=1S/C14H16FN5O4S3/c1-20(27(2,23)24)7-11(21)17-13-18-19-14(26-13)25-8-12(22)16-10-6-4-3-5-9(10)15/h3-6H,7-8H2,1-2H3,(H,16,22)(H,17,18,21). The van der Waals surface area contributed by atoms with E-state index in [4.69, 9.17) is 0 Å². The van der Waals surface area contributed by atoms with E-state index in [9.17, 15) is 22.4 Å². The molecule has 0 bridgehead atoms. The number of benzene rings is 1. The molecule has 0 unspecified atom stereocenters. The van der Waals surface area contributed by atoms with Crippen LogP contribution in [0.15, 0.2) is 28.6 Å². The third-order valence-electron chi connectivity index (χ3n) is 3.06. The van der Waals surface area contributed by atoms with Crippen molar-refractivity contribution in [2.75, 3.05) is 36.2 Å². The summed E-state index contributed by atoms with van der Waals surface area (Å²) in [5.41, 5.74) is 0.0864. The number of aromatic nitrogens is 2. The molecule has 27 heavy (non-hydrogen) atoms. The van der Waals surface area contributed by atoms with Gasteiger partial charge in [0.25, 0.3) is 0 Å². The summed E-state index contributed by atoms with van der Waals surface area (Å²) in [6.07, 6.45) is 0.992. The van der Waals surface area contributed by atoms with Crippen LogP contribution in [0.3, 0.4) is 0 Å². The Kier molecular flexibility index (Phi) is 7.24. The van der Waals surface area contributed by atoms with Gasteiger partial charge in [-0.1, -0.05) is 35.2 Å². The topological polar surface area (TPSA) is 121 Å². The molecule has 1 aromatic heterocycles. The van der Waals surface area contributed by atoms with E-state index in [0.29, 0.717) is 4.34 Å². The number of hydrogen-bond acceptors (Lipinski definition) is 8. The van der Waals surface area contributed by atoms with Crippen molar-refractivity contribution in [1.29, 1.82) is 0 Å². The number of hydrogen-bond donors (Lipinski definition) is 2. The number of carbonyl (C=O) groups excluding carboxylic acids is 2. The lowest BCUT2D eigenvalue weighted by Gasteiger charge is -2.12. The molecule has 0 saturated heterocycles. The molecule has 0 saturated carbocycles. The van der Waals surface area contributed by atoms with Gasteiger partial charge in [-0.05, 0) is 12.1 Å². The molecule has 0 spiro atoms. The normalized spacial score (nSPS) is 11.4. The Morgan fingerprint density at radius 3 is 2.59 bits per heavy atom. The number of anilines is 2. The first-order valence-electron chi connectivity index (χ1n) is 7.37. The number of nitrogens with one attached hydrogen (secondary N) is 2. The third kappa shape index (κ3) is 6.86. The average Bonchev–Trinajstić information content (AvgIpc) is 3.01. The van der Waals surface area contributed by atoms with Gasteiger partial charge in [0.1, 0.15) is 5.82 Å². The van der Waals surface area contributed by atoms with Gasteiger partial charge in [0.05, 0.1) is 24.2 Å². The molecule has 2 aromatic rings. The van der Waals surface area contributed by atoms with Gasteiger partial charge in [-0.3, -0.25) is 14.9 Å². The SMILES string of the molecule is CN(CC(=O)Nc1nnc(SCC(=O)Nc2ccccc2F)s1)S(C)(=O)=O. The zero-order valence-corrected chi connectivity index (χ0v) is 16.8. The van der Waals surface area contributed by atoms with E-state index in [2.05, 4.69) is 20.8 Å². The lowest BCUT2D eigenvalue weighted by molar-refractivity contribution is -0.116. The molecular formula is C14H16FN5O4S3. The van der Waals surface area contributed by atoms with Crippen LogP contribution in [-0.2, 0) is 19.6 Å². The van der Waals surface area contributed by atoms with Crippen LogP contribution in [0.5, 0.6) is 0 Å². The number of thioether (sulfide) groups is 1. The number of amides is 2. The Hall–Kier alpha value is -2.09. The highest BCUT2D eigenvalue weighted by Crippen LogP contribution is 2.25. The van der Waals surface area contributed by atoms with E-state index >= 15 is 0 Å². The number of nitrogens with zero attached hydrogens (tertiary/aromatic N) is 3. The van der Waals surface area contributed by atoms with E-state index in [1.807, 2.05) is 0 Å². The summed E-state index contributed by atoms with van der Waals surface area (Å²) in [6.45, 7) is -0.355. The van der Waals surface area contributed by atoms with Gasteiger partial charge in [-0.2, -0.15) is 4.31 Å². The van der Waals surface area contributed by atoms with Crippen LogP contribution < -0.4 is 10.6 Å². The van der Waals surface area contributed by atoms with Crippen LogP contribution in [0.1, 0.15) is 0 Å². The van der Waals surface area contributed by atoms with E-state index < -0.39 is 27.7 Å². The minimum atomic E-state index is -3.47. The fourth-order valence-corrected chi connectivity index (χ4v) is 3.59. The van der Waals surface area contributed by atoms with E-state index in [1.54, 1.807) is 6.07 Å². The molecular weight excluding hydrogens is 417 g/mol. The molecule has 146 valence electrons. The summed E-state index contributed by atoms with van der Waals surface area (Å²) in [7, 11) is -2.19. The highest BCUT2D eigenvalue weighted by atomic mass is 32.2. The molecule has 1 aromatic carbocycles. The Balaban J connectivity index is 1.82. The number of sulfonamides is 1. The number of likely N-dealkylation sites (N-methyl/N-ethyl adjacent to an activating group) is 1. The highest BCUT2D eigenvalue weighted by Gasteiger charge is 2.17. The number of para-hydroxylation sites is 1. The van der Waals surface area contributed by atoms with Gasteiger partial charge in [0.15, 0.2) is 4.34 Å². The average molecular weight is 434 g/mol. The fraction of sp³-hybridized carbons (Fsp3) is 0.286. The van der Waals surface area contributed by atoms with Gasteiger partial charge in [-0.15, -0.1) is 10.2 Å². The smallest absolute Gasteiger partial charge is 0.241 e. The van der Waals surface area contributed by atoms with E-state index in [-0.39, 0.29) is 23.1 Å². The summed E-state index contributed by atoms with van der Waals surface area (Å²) in [6, 6.07) is 5.81. The second kappa shape index (κ2) is 9.21. The molecule has 0 aliphatic carbocycles. The second-order valence-electron chi connectivity index (χ2n) is 5.26. The monoisotopic (exact) mass is 433 g/mol.